The van der Waals surface area contributed by atoms with Gasteiger partial charge in [-0.2, -0.15) is 0 Å². The third-order valence-corrected chi connectivity index (χ3v) is 5.52. The summed E-state index contributed by atoms with van der Waals surface area (Å²) >= 11 is 0. The molecule has 1 aliphatic heterocycles. The maximum absolute atomic E-state index is 12.8. The Balaban J connectivity index is 1.56. The summed E-state index contributed by atoms with van der Waals surface area (Å²) in [6.45, 7) is 0. The number of anilines is 1. The number of benzene rings is 1. The van der Waals surface area contributed by atoms with Crippen LogP contribution < -0.4 is 4.90 Å². The number of hydrogen-bond acceptors (Lipinski definition) is 3. The number of fused-ring (bicyclic) bond motifs is 5. The number of carbonyl (C=O) groups is 3. The maximum atomic E-state index is 12.8. The minimum absolute atomic E-state index is 0.0215. The maximum Gasteiger partial charge on any atom is 0.238 e. The van der Waals surface area contributed by atoms with Crippen LogP contribution in [0.4, 0.5) is 5.69 Å². The van der Waals surface area contributed by atoms with Crippen LogP contribution in [0.2, 0.25) is 0 Å². The van der Waals surface area contributed by atoms with Crippen molar-refractivity contribution in [1.29, 1.82) is 0 Å². The van der Waals surface area contributed by atoms with Gasteiger partial charge in [-0.05, 0) is 36.0 Å². The number of likely N-dealkylation sites (N-methyl/N-ethyl adjacent to an activating group) is 1. The topological polar surface area (TPSA) is 57.7 Å². The zero-order chi connectivity index (χ0) is 17.0. The smallest absolute Gasteiger partial charge is 0.238 e. The summed E-state index contributed by atoms with van der Waals surface area (Å²) in [6, 6.07) is 7.17. The Hall–Kier alpha value is -2.43. The SMILES string of the molecule is CN(C)C(=O)Cc1ccc(N2C(=O)C3C4C=CC(C4)C3C2=O)cc1. The molecule has 0 radical (unpaired) electrons. The third-order valence-electron chi connectivity index (χ3n) is 5.52. The average Bonchev–Trinajstić information content (AvgIpc) is 3.22. The van der Waals surface area contributed by atoms with Gasteiger partial charge in [-0.15, -0.1) is 0 Å². The minimum Gasteiger partial charge on any atom is -0.349 e. The molecule has 2 bridgehead atoms. The van der Waals surface area contributed by atoms with E-state index in [0.29, 0.717) is 12.1 Å². The second-order valence-corrected chi connectivity index (χ2v) is 7.14. The van der Waals surface area contributed by atoms with Crippen molar-refractivity contribution in [3.8, 4) is 0 Å². The van der Waals surface area contributed by atoms with Crippen molar-refractivity contribution in [2.24, 2.45) is 23.7 Å². The van der Waals surface area contributed by atoms with E-state index in [1.54, 1.807) is 31.1 Å². The highest BCUT2D eigenvalue weighted by Crippen LogP contribution is 2.53. The van der Waals surface area contributed by atoms with Crippen molar-refractivity contribution < 1.29 is 14.4 Å². The zero-order valence-corrected chi connectivity index (χ0v) is 13.8. The van der Waals surface area contributed by atoms with Gasteiger partial charge in [-0.25, -0.2) is 0 Å². The summed E-state index contributed by atoms with van der Waals surface area (Å²) in [5, 5.41) is 0. The molecule has 1 aromatic carbocycles. The molecule has 4 unspecified atom stereocenters. The van der Waals surface area contributed by atoms with E-state index in [-0.39, 0.29) is 41.4 Å². The Kier molecular flexibility index (Phi) is 3.34. The number of carbonyl (C=O) groups excluding carboxylic acids is 3. The van der Waals surface area contributed by atoms with E-state index in [4.69, 9.17) is 0 Å². The van der Waals surface area contributed by atoms with Crippen molar-refractivity contribution in [3.05, 3.63) is 42.0 Å². The van der Waals surface area contributed by atoms with Crippen LogP contribution in [0.15, 0.2) is 36.4 Å². The molecule has 124 valence electrons. The monoisotopic (exact) mass is 324 g/mol. The largest absolute Gasteiger partial charge is 0.349 e. The highest BCUT2D eigenvalue weighted by molar-refractivity contribution is 6.22. The first-order valence-corrected chi connectivity index (χ1v) is 8.32. The van der Waals surface area contributed by atoms with Gasteiger partial charge in [-0.3, -0.25) is 19.3 Å². The average molecular weight is 324 g/mol. The molecule has 5 nitrogen and oxygen atoms in total. The Morgan fingerprint density at radius 2 is 1.58 bits per heavy atom. The van der Waals surface area contributed by atoms with E-state index < -0.39 is 0 Å². The molecular formula is C19H20N2O3. The van der Waals surface area contributed by atoms with Crippen LogP contribution in [-0.2, 0) is 20.8 Å². The highest BCUT2D eigenvalue weighted by Gasteiger charge is 2.59. The van der Waals surface area contributed by atoms with Gasteiger partial charge in [0.25, 0.3) is 0 Å². The summed E-state index contributed by atoms with van der Waals surface area (Å²) in [4.78, 5) is 40.2. The number of allylic oxidation sites excluding steroid dienone is 2. The van der Waals surface area contributed by atoms with Gasteiger partial charge in [0.1, 0.15) is 0 Å². The highest BCUT2D eigenvalue weighted by atomic mass is 16.2. The molecule has 2 aliphatic carbocycles. The van der Waals surface area contributed by atoms with Crippen LogP contribution in [0.1, 0.15) is 12.0 Å². The van der Waals surface area contributed by atoms with Gasteiger partial charge in [0, 0.05) is 14.1 Å². The number of nitrogens with zero attached hydrogens (tertiary/aromatic N) is 2. The molecule has 4 atom stereocenters. The third kappa shape index (κ3) is 2.11. The van der Waals surface area contributed by atoms with Crippen LogP contribution in [0.3, 0.4) is 0 Å². The molecule has 1 saturated heterocycles. The molecule has 1 saturated carbocycles. The predicted octanol–water partition coefficient (Wildman–Crippen LogP) is 1.63. The summed E-state index contributed by atoms with van der Waals surface area (Å²) < 4.78 is 0. The number of rotatable bonds is 3. The van der Waals surface area contributed by atoms with Crippen LogP contribution in [0, 0.1) is 23.7 Å². The first-order valence-electron chi connectivity index (χ1n) is 8.32. The van der Waals surface area contributed by atoms with E-state index in [1.165, 1.54) is 4.90 Å². The Morgan fingerprint density at radius 1 is 1.04 bits per heavy atom. The quantitative estimate of drug-likeness (QED) is 0.627. The molecular weight excluding hydrogens is 304 g/mol. The van der Waals surface area contributed by atoms with Gasteiger partial charge in [0.05, 0.1) is 23.9 Å². The molecule has 3 amide bonds. The number of amides is 3. The molecule has 0 N–H and O–H groups in total. The van der Waals surface area contributed by atoms with E-state index in [0.717, 1.165) is 12.0 Å². The van der Waals surface area contributed by atoms with E-state index in [2.05, 4.69) is 12.2 Å². The molecule has 2 fully saturated rings. The fraction of sp³-hybridized carbons (Fsp3) is 0.421. The predicted molar refractivity (Wildman–Crippen MR) is 89.1 cm³/mol. The van der Waals surface area contributed by atoms with Crippen LogP contribution in [0.5, 0.6) is 0 Å². The Morgan fingerprint density at radius 3 is 2.08 bits per heavy atom. The van der Waals surface area contributed by atoms with Crippen LogP contribution in [-0.4, -0.2) is 36.7 Å². The molecule has 1 heterocycles. The number of hydrogen-bond donors (Lipinski definition) is 0. The zero-order valence-electron chi connectivity index (χ0n) is 13.8. The second kappa shape index (κ2) is 5.30. The lowest BCUT2D eigenvalue weighted by Gasteiger charge is -2.18. The van der Waals surface area contributed by atoms with Gasteiger partial charge in [0.15, 0.2) is 0 Å². The summed E-state index contributed by atoms with van der Waals surface area (Å²) in [5.74, 6) is -0.0342. The summed E-state index contributed by atoms with van der Waals surface area (Å²) in [7, 11) is 3.44. The minimum atomic E-state index is -0.178. The lowest BCUT2D eigenvalue weighted by Crippen LogP contribution is -2.32. The van der Waals surface area contributed by atoms with E-state index in [1.807, 2.05) is 12.1 Å². The van der Waals surface area contributed by atoms with Crippen molar-refractivity contribution in [3.63, 3.8) is 0 Å². The molecule has 0 aromatic heterocycles. The van der Waals surface area contributed by atoms with Crippen LogP contribution in [0.25, 0.3) is 0 Å². The van der Waals surface area contributed by atoms with Gasteiger partial charge in [0.2, 0.25) is 17.7 Å². The van der Waals surface area contributed by atoms with Crippen molar-refractivity contribution >= 4 is 23.4 Å². The molecule has 24 heavy (non-hydrogen) atoms. The fourth-order valence-corrected chi connectivity index (χ4v) is 4.25. The van der Waals surface area contributed by atoms with Crippen molar-refractivity contribution in [2.45, 2.75) is 12.8 Å². The summed E-state index contributed by atoms with van der Waals surface area (Å²) in [5.41, 5.74) is 1.48. The fourth-order valence-electron chi connectivity index (χ4n) is 4.25. The Labute approximate surface area is 140 Å². The number of imide groups is 1. The van der Waals surface area contributed by atoms with Crippen LogP contribution >= 0.6 is 0 Å². The summed E-state index contributed by atoms with van der Waals surface area (Å²) in [6.07, 6.45) is 5.44. The molecule has 0 spiro atoms. The normalized spacial score (nSPS) is 30.2. The molecule has 4 rings (SSSR count). The van der Waals surface area contributed by atoms with Gasteiger partial charge >= 0.3 is 0 Å². The first kappa shape index (κ1) is 15.1. The molecule has 3 aliphatic rings. The van der Waals surface area contributed by atoms with E-state index in [9.17, 15) is 14.4 Å². The van der Waals surface area contributed by atoms with Crippen molar-refractivity contribution in [1.82, 2.24) is 4.90 Å². The lowest BCUT2D eigenvalue weighted by atomic mass is 9.85. The lowest BCUT2D eigenvalue weighted by molar-refractivity contribution is -0.128. The standard InChI is InChI=1S/C19H20N2O3/c1-20(2)15(22)9-11-3-7-14(8-4-11)21-18(23)16-12-5-6-13(10-12)17(16)19(21)24/h3-8,12-13,16-17H,9-10H2,1-2H3. The molecule has 1 aromatic rings. The molecule has 5 heteroatoms. The Bertz CT molecular complexity index is 720. The first-order chi connectivity index (χ1) is 11.5. The second-order valence-electron chi connectivity index (χ2n) is 7.14. The van der Waals surface area contributed by atoms with Gasteiger partial charge in [-0.1, -0.05) is 24.3 Å². The van der Waals surface area contributed by atoms with Gasteiger partial charge < -0.3 is 4.90 Å². The van der Waals surface area contributed by atoms with Crippen molar-refractivity contribution in [2.75, 3.05) is 19.0 Å². The van der Waals surface area contributed by atoms with E-state index >= 15 is 0 Å².